The van der Waals surface area contributed by atoms with E-state index in [1.165, 1.54) is 17.7 Å². The molecule has 1 N–H and O–H groups in total. The van der Waals surface area contributed by atoms with Crippen molar-refractivity contribution in [3.8, 4) is 0 Å². The van der Waals surface area contributed by atoms with Crippen molar-refractivity contribution in [3.63, 3.8) is 0 Å². The maximum Gasteiger partial charge on any atom is 0.228 e. The van der Waals surface area contributed by atoms with Crippen molar-refractivity contribution in [1.29, 1.82) is 0 Å². The zero-order chi connectivity index (χ0) is 12.4. The van der Waals surface area contributed by atoms with Crippen LogP contribution >= 0.6 is 11.3 Å². The molecule has 2 heterocycles. The van der Waals surface area contributed by atoms with Gasteiger partial charge in [-0.05, 0) is 37.3 Å². The van der Waals surface area contributed by atoms with Gasteiger partial charge in [0, 0.05) is 23.8 Å². The summed E-state index contributed by atoms with van der Waals surface area (Å²) in [5.74, 6) is 2.34. The van der Waals surface area contributed by atoms with Crippen molar-refractivity contribution in [3.05, 3.63) is 34.1 Å². The first-order chi connectivity index (χ1) is 8.85. The molecule has 3 rings (SSSR count). The van der Waals surface area contributed by atoms with Crippen LogP contribution in [0.5, 0.6) is 0 Å². The molecule has 0 amide bonds. The van der Waals surface area contributed by atoms with E-state index >= 15 is 0 Å². The molecule has 0 aliphatic heterocycles. The van der Waals surface area contributed by atoms with Crippen molar-refractivity contribution >= 4 is 11.3 Å². The van der Waals surface area contributed by atoms with Crippen LogP contribution in [0.4, 0.5) is 0 Å². The van der Waals surface area contributed by atoms with E-state index in [-0.39, 0.29) is 0 Å². The average Bonchev–Trinajstić information content (AvgIpc) is 2.92. The number of rotatable bonds is 6. The summed E-state index contributed by atoms with van der Waals surface area (Å²) in [6.07, 6.45) is 4.26. The maximum atomic E-state index is 5.33. The zero-order valence-electron chi connectivity index (χ0n) is 10.4. The Morgan fingerprint density at radius 3 is 3.11 bits per heavy atom. The van der Waals surface area contributed by atoms with E-state index in [0.717, 1.165) is 30.5 Å². The molecular formula is C13H17N3OS. The SMILES string of the molecule is CNC(Cc1nc(Cc2cccs2)no1)C1CC1. The Labute approximate surface area is 110 Å². The summed E-state index contributed by atoms with van der Waals surface area (Å²) in [4.78, 5) is 5.74. The number of hydrogen-bond acceptors (Lipinski definition) is 5. The fraction of sp³-hybridized carbons (Fsp3) is 0.538. The van der Waals surface area contributed by atoms with Gasteiger partial charge >= 0.3 is 0 Å². The van der Waals surface area contributed by atoms with Crippen LogP contribution in [0, 0.1) is 5.92 Å². The first kappa shape index (κ1) is 11.9. The van der Waals surface area contributed by atoms with E-state index in [2.05, 4.69) is 26.9 Å². The number of likely N-dealkylation sites (N-methyl/N-ethyl adjacent to an activating group) is 1. The molecule has 1 saturated carbocycles. The lowest BCUT2D eigenvalue weighted by atomic mass is 10.1. The van der Waals surface area contributed by atoms with Gasteiger partial charge in [0.15, 0.2) is 5.82 Å². The first-order valence-electron chi connectivity index (χ1n) is 6.36. The lowest BCUT2D eigenvalue weighted by Gasteiger charge is -2.11. The molecule has 0 spiro atoms. The van der Waals surface area contributed by atoms with Gasteiger partial charge in [0.05, 0.1) is 0 Å². The van der Waals surface area contributed by atoms with Gasteiger partial charge in [-0.25, -0.2) is 0 Å². The predicted molar refractivity (Wildman–Crippen MR) is 70.7 cm³/mol. The third-order valence-corrected chi connectivity index (χ3v) is 4.26. The molecule has 1 aliphatic carbocycles. The quantitative estimate of drug-likeness (QED) is 0.868. The van der Waals surface area contributed by atoms with Crippen LogP contribution in [-0.2, 0) is 12.8 Å². The summed E-state index contributed by atoms with van der Waals surface area (Å²) < 4.78 is 5.33. The number of aromatic nitrogens is 2. The molecule has 1 atom stereocenters. The molecule has 2 aromatic rings. The molecule has 0 aromatic carbocycles. The number of nitrogens with one attached hydrogen (secondary N) is 1. The predicted octanol–water partition coefficient (Wildman–Crippen LogP) is 2.26. The largest absolute Gasteiger partial charge is 0.339 e. The Balaban J connectivity index is 1.62. The molecule has 1 fully saturated rings. The van der Waals surface area contributed by atoms with Gasteiger partial charge in [-0.3, -0.25) is 0 Å². The van der Waals surface area contributed by atoms with E-state index in [0.29, 0.717) is 6.04 Å². The second-order valence-electron chi connectivity index (χ2n) is 4.80. The van der Waals surface area contributed by atoms with Gasteiger partial charge in [-0.15, -0.1) is 11.3 Å². The van der Waals surface area contributed by atoms with Gasteiger partial charge in [0.2, 0.25) is 5.89 Å². The van der Waals surface area contributed by atoms with Crippen molar-refractivity contribution < 1.29 is 4.52 Å². The van der Waals surface area contributed by atoms with E-state index in [1.54, 1.807) is 11.3 Å². The topological polar surface area (TPSA) is 51.0 Å². The highest BCUT2D eigenvalue weighted by Gasteiger charge is 2.31. The minimum absolute atomic E-state index is 0.486. The van der Waals surface area contributed by atoms with Gasteiger partial charge < -0.3 is 9.84 Å². The molecule has 1 aliphatic rings. The van der Waals surface area contributed by atoms with Crippen LogP contribution in [-0.4, -0.2) is 23.2 Å². The van der Waals surface area contributed by atoms with E-state index in [4.69, 9.17) is 4.52 Å². The summed E-state index contributed by atoms with van der Waals surface area (Å²) in [6.45, 7) is 0. The highest BCUT2D eigenvalue weighted by atomic mass is 32.1. The van der Waals surface area contributed by atoms with E-state index < -0.39 is 0 Å². The van der Waals surface area contributed by atoms with E-state index in [9.17, 15) is 0 Å². The molecular weight excluding hydrogens is 246 g/mol. The summed E-state index contributed by atoms with van der Waals surface area (Å²) in [5, 5.41) is 9.46. The summed E-state index contributed by atoms with van der Waals surface area (Å²) in [7, 11) is 2.01. The molecule has 18 heavy (non-hydrogen) atoms. The second-order valence-corrected chi connectivity index (χ2v) is 5.83. The normalized spacial score (nSPS) is 16.9. The van der Waals surface area contributed by atoms with Gasteiger partial charge in [-0.2, -0.15) is 4.98 Å². The van der Waals surface area contributed by atoms with E-state index in [1.807, 2.05) is 13.1 Å². The highest BCUT2D eigenvalue weighted by molar-refractivity contribution is 7.09. The smallest absolute Gasteiger partial charge is 0.228 e. The lowest BCUT2D eigenvalue weighted by Crippen LogP contribution is -2.29. The molecule has 0 saturated heterocycles. The van der Waals surface area contributed by atoms with Crippen LogP contribution in [0.3, 0.4) is 0 Å². The number of hydrogen-bond donors (Lipinski definition) is 1. The molecule has 5 heteroatoms. The van der Waals surface area contributed by atoms with Crippen LogP contribution in [0.25, 0.3) is 0 Å². The van der Waals surface area contributed by atoms with Crippen LogP contribution in [0.1, 0.15) is 29.4 Å². The Morgan fingerprint density at radius 1 is 1.56 bits per heavy atom. The minimum Gasteiger partial charge on any atom is -0.339 e. The fourth-order valence-corrected chi connectivity index (χ4v) is 2.91. The second kappa shape index (κ2) is 5.20. The minimum atomic E-state index is 0.486. The molecule has 2 aromatic heterocycles. The Kier molecular flexibility index (Phi) is 3.43. The Hall–Kier alpha value is -1.20. The number of thiophene rings is 1. The summed E-state index contributed by atoms with van der Waals surface area (Å²) >= 11 is 1.73. The Bertz CT molecular complexity index is 490. The zero-order valence-corrected chi connectivity index (χ0v) is 11.2. The van der Waals surface area contributed by atoms with Gasteiger partial charge in [0.25, 0.3) is 0 Å². The third kappa shape index (κ3) is 2.79. The molecule has 0 bridgehead atoms. The van der Waals surface area contributed by atoms with Crippen LogP contribution in [0.15, 0.2) is 22.0 Å². The third-order valence-electron chi connectivity index (χ3n) is 3.38. The van der Waals surface area contributed by atoms with Crippen molar-refractivity contribution in [1.82, 2.24) is 15.5 Å². The van der Waals surface area contributed by atoms with Crippen molar-refractivity contribution in [2.24, 2.45) is 5.92 Å². The highest BCUT2D eigenvalue weighted by Crippen LogP contribution is 2.33. The average molecular weight is 263 g/mol. The fourth-order valence-electron chi connectivity index (χ4n) is 2.21. The monoisotopic (exact) mass is 263 g/mol. The van der Waals surface area contributed by atoms with Gasteiger partial charge in [0.1, 0.15) is 0 Å². The summed E-state index contributed by atoms with van der Waals surface area (Å²) in [5.41, 5.74) is 0. The molecule has 1 unspecified atom stereocenters. The standard InChI is InChI=1S/C13H17N3OS/c1-14-11(9-4-5-9)8-13-15-12(16-17-13)7-10-3-2-6-18-10/h2-3,6,9,11,14H,4-5,7-8H2,1H3. The molecule has 96 valence electrons. The van der Waals surface area contributed by atoms with Crippen molar-refractivity contribution in [2.75, 3.05) is 7.05 Å². The summed E-state index contributed by atoms with van der Waals surface area (Å²) in [6, 6.07) is 4.63. The van der Waals surface area contributed by atoms with Crippen LogP contribution < -0.4 is 5.32 Å². The lowest BCUT2D eigenvalue weighted by molar-refractivity contribution is 0.349. The van der Waals surface area contributed by atoms with Crippen LogP contribution in [0.2, 0.25) is 0 Å². The molecule has 4 nitrogen and oxygen atoms in total. The van der Waals surface area contributed by atoms with Gasteiger partial charge in [-0.1, -0.05) is 11.2 Å². The first-order valence-corrected chi connectivity index (χ1v) is 7.24. The maximum absolute atomic E-state index is 5.33. The molecule has 0 radical (unpaired) electrons. The Morgan fingerprint density at radius 2 is 2.44 bits per heavy atom. The number of nitrogens with zero attached hydrogens (tertiary/aromatic N) is 2. The van der Waals surface area contributed by atoms with Crippen molar-refractivity contribution in [2.45, 2.75) is 31.7 Å².